The van der Waals surface area contributed by atoms with E-state index in [0.29, 0.717) is 11.4 Å². The maximum Gasteiger partial charge on any atom is 0.414 e. The molecule has 1 aromatic rings. The summed E-state index contributed by atoms with van der Waals surface area (Å²) in [5.41, 5.74) is 6.20. The average molecular weight is 292 g/mol. The molecule has 8 heteroatoms. The highest BCUT2D eigenvalue weighted by molar-refractivity contribution is 5.93. The molecule has 1 aromatic carbocycles. The van der Waals surface area contributed by atoms with Gasteiger partial charge < -0.3 is 20.5 Å². The predicted octanol–water partition coefficient (Wildman–Crippen LogP) is 2.18. The van der Waals surface area contributed by atoms with E-state index in [1.807, 2.05) is 0 Å². The number of carbonyl (C=O) groups is 1. The van der Waals surface area contributed by atoms with Gasteiger partial charge in [-0.2, -0.15) is 13.2 Å². The molecule has 0 bridgehead atoms. The first-order valence-electron chi connectivity index (χ1n) is 5.65. The molecule has 1 unspecified atom stereocenters. The summed E-state index contributed by atoms with van der Waals surface area (Å²) in [6.07, 6.45) is -6.52. The Bertz CT molecular complexity index is 478. The summed E-state index contributed by atoms with van der Waals surface area (Å²) in [6, 6.07) is 4.53. The minimum atomic E-state index is -4.50. The normalized spacial score (nSPS) is 12.8. The van der Waals surface area contributed by atoms with Crippen LogP contribution in [0.2, 0.25) is 0 Å². The zero-order valence-electron chi connectivity index (χ0n) is 11.0. The van der Waals surface area contributed by atoms with E-state index in [1.54, 1.807) is 6.07 Å². The van der Waals surface area contributed by atoms with Crippen molar-refractivity contribution < 1.29 is 27.4 Å². The zero-order valence-corrected chi connectivity index (χ0v) is 11.0. The van der Waals surface area contributed by atoms with Crippen molar-refractivity contribution >= 4 is 17.3 Å². The van der Waals surface area contributed by atoms with Gasteiger partial charge in [-0.15, -0.1) is 0 Å². The molecule has 0 saturated carbocycles. The van der Waals surface area contributed by atoms with Crippen LogP contribution in [0.25, 0.3) is 0 Å². The van der Waals surface area contributed by atoms with Gasteiger partial charge in [-0.25, -0.2) is 0 Å². The quantitative estimate of drug-likeness (QED) is 0.816. The Morgan fingerprint density at radius 3 is 2.65 bits per heavy atom. The lowest BCUT2D eigenvalue weighted by Gasteiger charge is -2.16. The fourth-order valence-corrected chi connectivity index (χ4v) is 1.30. The standard InChI is InChI=1S/C12H15F3N2O3/c1-7(12(13,14)15)20-6-11(18)17-9-5-8(16)3-4-10(9)19-2/h3-5,7H,6,16H2,1-2H3,(H,17,18). The summed E-state index contributed by atoms with van der Waals surface area (Å²) < 4.78 is 46.0. The van der Waals surface area contributed by atoms with E-state index in [4.69, 9.17) is 10.5 Å². The number of methoxy groups -OCH3 is 1. The van der Waals surface area contributed by atoms with Crippen LogP contribution in [0.4, 0.5) is 24.5 Å². The number of ether oxygens (including phenoxy) is 2. The molecule has 0 saturated heterocycles. The van der Waals surface area contributed by atoms with Gasteiger partial charge in [-0.3, -0.25) is 4.79 Å². The second kappa shape index (κ2) is 6.47. The number of alkyl halides is 3. The Morgan fingerprint density at radius 2 is 2.10 bits per heavy atom. The van der Waals surface area contributed by atoms with Crippen molar-refractivity contribution in [3.05, 3.63) is 18.2 Å². The van der Waals surface area contributed by atoms with Gasteiger partial charge in [0.2, 0.25) is 5.91 Å². The predicted molar refractivity (Wildman–Crippen MR) is 67.5 cm³/mol. The largest absolute Gasteiger partial charge is 0.495 e. The Morgan fingerprint density at radius 1 is 1.45 bits per heavy atom. The molecular weight excluding hydrogens is 277 g/mol. The molecule has 5 nitrogen and oxygen atoms in total. The van der Waals surface area contributed by atoms with E-state index < -0.39 is 24.8 Å². The third-order valence-electron chi connectivity index (χ3n) is 2.42. The molecule has 0 aromatic heterocycles. The van der Waals surface area contributed by atoms with Crippen LogP contribution in [0, 0.1) is 0 Å². The first kappa shape index (κ1) is 16.1. The SMILES string of the molecule is COc1ccc(N)cc1NC(=O)COC(C)C(F)(F)F. The fourth-order valence-electron chi connectivity index (χ4n) is 1.30. The number of benzene rings is 1. The Hall–Kier alpha value is -1.96. The third-order valence-corrected chi connectivity index (χ3v) is 2.42. The summed E-state index contributed by atoms with van der Waals surface area (Å²) in [4.78, 5) is 11.5. The Kier molecular flexibility index (Phi) is 5.20. The number of nitrogens with one attached hydrogen (secondary N) is 1. The van der Waals surface area contributed by atoms with Gasteiger partial charge in [0.1, 0.15) is 12.4 Å². The molecule has 3 N–H and O–H groups in total. The molecule has 112 valence electrons. The number of nitrogens with two attached hydrogens (primary N) is 1. The summed E-state index contributed by atoms with van der Waals surface area (Å²) in [5.74, 6) is -0.388. The van der Waals surface area contributed by atoms with Gasteiger partial charge in [0, 0.05) is 5.69 Å². The molecule has 0 aliphatic rings. The monoisotopic (exact) mass is 292 g/mol. The van der Waals surface area contributed by atoms with Crippen molar-refractivity contribution in [2.45, 2.75) is 19.2 Å². The Labute approximate surface area is 113 Å². The summed E-state index contributed by atoms with van der Waals surface area (Å²) in [7, 11) is 1.39. The highest BCUT2D eigenvalue weighted by Crippen LogP contribution is 2.26. The molecule has 0 radical (unpaired) electrons. The number of halogens is 3. The van der Waals surface area contributed by atoms with Gasteiger partial charge >= 0.3 is 6.18 Å². The van der Waals surface area contributed by atoms with Gasteiger partial charge in [0.05, 0.1) is 12.8 Å². The van der Waals surface area contributed by atoms with Crippen LogP contribution in [-0.2, 0) is 9.53 Å². The smallest absolute Gasteiger partial charge is 0.414 e. The molecule has 0 fully saturated rings. The first-order valence-corrected chi connectivity index (χ1v) is 5.65. The zero-order chi connectivity index (χ0) is 15.3. The number of carbonyl (C=O) groups excluding carboxylic acids is 1. The molecule has 1 atom stereocenters. The van der Waals surface area contributed by atoms with E-state index in [9.17, 15) is 18.0 Å². The van der Waals surface area contributed by atoms with Crippen molar-refractivity contribution in [2.75, 3.05) is 24.8 Å². The third kappa shape index (κ3) is 4.61. The summed E-state index contributed by atoms with van der Waals surface area (Å²) >= 11 is 0. The van der Waals surface area contributed by atoms with Gasteiger partial charge in [-0.1, -0.05) is 0 Å². The second-order valence-corrected chi connectivity index (χ2v) is 4.00. The van der Waals surface area contributed by atoms with Gasteiger partial charge in [0.15, 0.2) is 6.10 Å². The minimum Gasteiger partial charge on any atom is -0.495 e. The number of hydrogen-bond donors (Lipinski definition) is 2. The Balaban J connectivity index is 2.61. The van der Waals surface area contributed by atoms with E-state index in [0.717, 1.165) is 6.92 Å². The van der Waals surface area contributed by atoms with Crippen molar-refractivity contribution in [1.82, 2.24) is 0 Å². The van der Waals surface area contributed by atoms with Gasteiger partial charge in [0.25, 0.3) is 0 Å². The lowest BCUT2D eigenvalue weighted by Crippen LogP contribution is -2.32. The molecular formula is C12H15F3N2O3. The van der Waals surface area contributed by atoms with E-state index in [-0.39, 0.29) is 5.69 Å². The average Bonchev–Trinajstić information content (AvgIpc) is 2.35. The van der Waals surface area contributed by atoms with Crippen LogP contribution < -0.4 is 15.8 Å². The maximum atomic E-state index is 12.2. The molecule has 1 amide bonds. The number of amides is 1. The topological polar surface area (TPSA) is 73.6 Å². The van der Waals surface area contributed by atoms with Crippen LogP contribution in [-0.4, -0.2) is 31.9 Å². The molecule has 1 rings (SSSR count). The number of rotatable bonds is 5. The highest BCUT2D eigenvalue weighted by Gasteiger charge is 2.37. The van der Waals surface area contributed by atoms with Crippen LogP contribution >= 0.6 is 0 Å². The lowest BCUT2D eigenvalue weighted by atomic mass is 10.2. The van der Waals surface area contributed by atoms with Gasteiger partial charge in [-0.05, 0) is 25.1 Å². The van der Waals surface area contributed by atoms with Crippen LogP contribution in [0.5, 0.6) is 5.75 Å². The van der Waals surface area contributed by atoms with Crippen molar-refractivity contribution in [1.29, 1.82) is 0 Å². The van der Waals surface area contributed by atoms with E-state index in [1.165, 1.54) is 19.2 Å². The second-order valence-electron chi connectivity index (χ2n) is 4.00. The fraction of sp³-hybridized carbons (Fsp3) is 0.417. The molecule has 0 aliphatic carbocycles. The number of nitrogen functional groups attached to an aromatic ring is 1. The van der Waals surface area contributed by atoms with E-state index >= 15 is 0 Å². The number of anilines is 2. The van der Waals surface area contributed by atoms with Crippen molar-refractivity contribution in [3.63, 3.8) is 0 Å². The maximum absolute atomic E-state index is 12.2. The molecule has 20 heavy (non-hydrogen) atoms. The molecule has 0 spiro atoms. The van der Waals surface area contributed by atoms with Crippen molar-refractivity contribution in [3.8, 4) is 5.75 Å². The summed E-state index contributed by atoms with van der Waals surface area (Å²) in [6.45, 7) is 0.104. The van der Waals surface area contributed by atoms with Crippen LogP contribution in [0.3, 0.4) is 0 Å². The van der Waals surface area contributed by atoms with Crippen LogP contribution in [0.15, 0.2) is 18.2 Å². The number of hydrogen-bond acceptors (Lipinski definition) is 4. The molecule has 0 heterocycles. The van der Waals surface area contributed by atoms with Crippen molar-refractivity contribution in [2.24, 2.45) is 0 Å². The minimum absolute atomic E-state index is 0.265. The lowest BCUT2D eigenvalue weighted by molar-refractivity contribution is -0.213. The highest BCUT2D eigenvalue weighted by atomic mass is 19.4. The first-order chi connectivity index (χ1) is 9.24. The summed E-state index contributed by atoms with van der Waals surface area (Å²) in [5, 5.41) is 2.37. The van der Waals surface area contributed by atoms with E-state index in [2.05, 4.69) is 10.1 Å². The van der Waals surface area contributed by atoms with Crippen LogP contribution in [0.1, 0.15) is 6.92 Å². The molecule has 0 aliphatic heterocycles.